The van der Waals surface area contributed by atoms with Crippen LogP contribution < -0.4 is 10.6 Å². The van der Waals surface area contributed by atoms with E-state index in [1.807, 2.05) is 25.1 Å². The third-order valence-electron chi connectivity index (χ3n) is 3.79. The van der Waals surface area contributed by atoms with Gasteiger partial charge in [0.15, 0.2) is 5.82 Å². The van der Waals surface area contributed by atoms with Crippen molar-refractivity contribution < 1.29 is 14.1 Å². The second-order valence-corrected chi connectivity index (χ2v) is 6.62. The summed E-state index contributed by atoms with van der Waals surface area (Å²) in [6, 6.07) is 7.28. The second-order valence-electron chi connectivity index (χ2n) is 5.71. The van der Waals surface area contributed by atoms with E-state index in [9.17, 15) is 9.59 Å². The monoisotopic (exact) mass is 377 g/mol. The number of carbonyl (C=O) groups is 2. The van der Waals surface area contributed by atoms with Crippen molar-refractivity contribution in [2.45, 2.75) is 20.3 Å². The van der Waals surface area contributed by atoms with Crippen molar-refractivity contribution in [3.05, 3.63) is 40.1 Å². The molecule has 120 valence electrons. The Morgan fingerprint density at radius 2 is 1.87 bits per heavy atom. The topological polar surface area (TPSA) is 84.2 Å². The Kier molecular flexibility index (Phi) is 4.21. The molecule has 2 atom stereocenters. The highest BCUT2D eigenvalue weighted by Gasteiger charge is 2.48. The van der Waals surface area contributed by atoms with Crippen LogP contribution in [0, 0.1) is 25.7 Å². The van der Waals surface area contributed by atoms with Gasteiger partial charge in [0.25, 0.3) is 0 Å². The number of hydrogen-bond acceptors (Lipinski definition) is 4. The fourth-order valence-corrected chi connectivity index (χ4v) is 2.89. The summed E-state index contributed by atoms with van der Waals surface area (Å²) in [5.41, 5.74) is 1.73. The number of amides is 2. The van der Waals surface area contributed by atoms with Gasteiger partial charge in [0, 0.05) is 16.2 Å². The van der Waals surface area contributed by atoms with Gasteiger partial charge in [-0.1, -0.05) is 21.1 Å². The molecule has 0 radical (unpaired) electrons. The molecule has 1 saturated carbocycles. The van der Waals surface area contributed by atoms with Crippen LogP contribution >= 0.6 is 15.9 Å². The van der Waals surface area contributed by atoms with E-state index in [1.165, 1.54) is 0 Å². The number of benzene rings is 1. The molecule has 6 nitrogen and oxygen atoms in total. The van der Waals surface area contributed by atoms with Crippen molar-refractivity contribution in [1.29, 1.82) is 0 Å². The number of nitrogens with one attached hydrogen (secondary N) is 2. The van der Waals surface area contributed by atoms with Crippen molar-refractivity contribution >= 4 is 39.2 Å². The Morgan fingerprint density at radius 3 is 2.48 bits per heavy atom. The van der Waals surface area contributed by atoms with Gasteiger partial charge in [-0.15, -0.1) is 0 Å². The lowest BCUT2D eigenvalue weighted by Gasteiger charge is -2.08. The average Bonchev–Trinajstić information content (AvgIpc) is 3.20. The molecule has 0 spiro atoms. The molecular weight excluding hydrogens is 362 g/mol. The summed E-state index contributed by atoms with van der Waals surface area (Å²) in [5.74, 6) is 0.0464. The fourth-order valence-electron chi connectivity index (χ4n) is 2.41. The van der Waals surface area contributed by atoms with Crippen molar-refractivity contribution in [3.8, 4) is 0 Å². The fraction of sp³-hybridized carbons (Fsp3) is 0.312. The van der Waals surface area contributed by atoms with Gasteiger partial charge in [0.1, 0.15) is 5.76 Å². The highest BCUT2D eigenvalue weighted by Crippen LogP contribution is 2.40. The summed E-state index contributed by atoms with van der Waals surface area (Å²) in [5, 5.41) is 9.25. The zero-order chi connectivity index (χ0) is 16.6. The highest BCUT2D eigenvalue weighted by molar-refractivity contribution is 9.10. The van der Waals surface area contributed by atoms with Crippen LogP contribution in [0.1, 0.15) is 17.7 Å². The van der Waals surface area contributed by atoms with Gasteiger partial charge in [-0.2, -0.15) is 0 Å². The molecule has 2 amide bonds. The molecule has 23 heavy (non-hydrogen) atoms. The summed E-state index contributed by atoms with van der Waals surface area (Å²) in [6.45, 7) is 3.67. The Morgan fingerprint density at radius 1 is 1.17 bits per heavy atom. The number of nitrogens with zero attached hydrogens (tertiary/aromatic N) is 1. The zero-order valence-corrected chi connectivity index (χ0v) is 14.3. The van der Waals surface area contributed by atoms with Crippen LogP contribution in [0.5, 0.6) is 0 Å². The highest BCUT2D eigenvalue weighted by atomic mass is 79.9. The second kappa shape index (κ2) is 6.16. The summed E-state index contributed by atoms with van der Waals surface area (Å²) >= 11 is 3.39. The molecule has 1 aliphatic carbocycles. The molecule has 1 heterocycles. The zero-order valence-electron chi connectivity index (χ0n) is 12.7. The number of rotatable bonds is 4. The summed E-state index contributed by atoms with van der Waals surface area (Å²) in [4.78, 5) is 24.3. The molecule has 2 unspecified atom stereocenters. The minimum absolute atomic E-state index is 0.132. The van der Waals surface area contributed by atoms with Gasteiger partial charge >= 0.3 is 0 Å². The van der Waals surface area contributed by atoms with Crippen LogP contribution in [-0.2, 0) is 9.59 Å². The normalized spacial score (nSPS) is 19.3. The third kappa shape index (κ3) is 3.61. The first-order chi connectivity index (χ1) is 10.9. The van der Waals surface area contributed by atoms with E-state index in [0.29, 0.717) is 18.0 Å². The smallest absolute Gasteiger partial charge is 0.229 e. The van der Waals surface area contributed by atoms with Crippen molar-refractivity contribution in [1.82, 2.24) is 5.16 Å². The predicted molar refractivity (Wildman–Crippen MR) is 89.0 cm³/mol. The van der Waals surface area contributed by atoms with E-state index >= 15 is 0 Å². The lowest BCUT2D eigenvalue weighted by atomic mass is 10.2. The Balaban J connectivity index is 1.57. The van der Waals surface area contributed by atoms with Crippen molar-refractivity contribution in [2.24, 2.45) is 11.8 Å². The summed E-state index contributed by atoms with van der Waals surface area (Å²) in [7, 11) is 0. The van der Waals surface area contributed by atoms with E-state index in [1.54, 1.807) is 13.0 Å². The van der Waals surface area contributed by atoms with Crippen LogP contribution in [0.3, 0.4) is 0 Å². The van der Waals surface area contributed by atoms with Gasteiger partial charge in [-0.05, 0) is 44.0 Å². The number of hydrogen-bond donors (Lipinski definition) is 2. The van der Waals surface area contributed by atoms with Gasteiger partial charge < -0.3 is 15.2 Å². The van der Waals surface area contributed by atoms with Crippen molar-refractivity contribution in [3.63, 3.8) is 0 Å². The first kappa shape index (κ1) is 15.7. The Bertz CT molecular complexity index is 772. The van der Waals surface area contributed by atoms with Crippen LogP contribution in [-0.4, -0.2) is 17.0 Å². The number of aromatic nitrogens is 1. The van der Waals surface area contributed by atoms with E-state index in [0.717, 1.165) is 15.7 Å². The molecule has 3 rings (SSSR count). The molecule has 0 bridgehead atoms. The predicted octanol–water partition coefficient (Wildman–Crippen LogP) is 3.27. The Hall–Kier alpha value is -2.15. The number of halogens is 1. The maximum Gasteiger partial charge on any atom is 0.229 e. The maximum atomic E-state index is 12.2. The molecule has 1 aromatic carbocycles. The van der Waals surface area contributed by atoms with E-state index < -0.39 is 0 Å². The van der Waals surface area contributed by atoms with Crippen LogP contribution in [0.2, 0.25) is 0 Å². The first-order valence-corrected chi connectivity index (χ1v) is 8.04. The molecule has 2 N–H and O–H groups in total. The quantitative estimate of drug-likeness (QED) is 0.855. The number of carbonyl (C=O) groups excluding carboxylic acids is 2. The standard InChI is InChI=1S/C16H16BrN3O3/c1-8-5-10(17)3-4-13(8)18-15(21)11-7-12(11)16(22)19-14-6-9(2)23-20-14/h3-6,11-12H,7H2,1-2H3,(H,18,21)(H,19,20,22). The van der Waals surface area contributed by atoms with Crippen LogP contribution in [0.15, 0.2) is 33.3 Å². The number of aryl methyl sites for hydroxylation is 2. The summed E-state index contributed by atoms with van der Waals surface area (Å²) < 4.78 is 5.85. The lowest BCUT2D eigenvalue weighted by molar-refractivity contribution is -0.122. The molecule has 2 aromatic rings. The van der Waals surface area contributed by atoms with E-state index in [-0.39, 0.29) is 23.7 Å². The van der Waals surface area contributed by atoms with Crippen LogP contribution in [0.25, 0.3) is 0 Å². The van der Waals surface area contributed by atoms with E-state index in [4.69, 9.17) is 4.52 Å². The number of anilines is 2. The van der Waals surface area contributed by atoms with Gasteiger partial charge in [-0.3, -0.25) is 9.59 Å². The molecule has 0 aliphatic heterocycles. The molecule has 7 heteroatoms. The molecule has 1 fully saturated rings. The maximum absolute atomic E-state index is 12.2. The van der Waals surface area contributed by atoms with Gasteiger partial charge in [0.05, 0.1) is 11.8 Å². The summed E-state index contributed by atoms with van der Waals surface area (Å²) in [6.07, 6.45) is 0.546. The minimum Gasteiger partial charge on any atom is -0.360 e. The minimum atomic E-state index is -0.317. The van der Waals surface area contributed by atoms with E-state index in [2.05, 4.69) is 31.7 Å². The molecule has 1 aromatic heterocycles. The van der Waals surface area contributed by atoms with Crippen molar-refractivity contribution in [2.75, 3.05) is 10.6 Å². The largest absolute Gasteiger partial charge is 0.360 e. The molecular formula is C16H16BrN3O3. The first-order valence-electron chi connectivity index (χ1n) is 7.25. The molecule has 1 aliphatic rings. The Labute approximate surface area is 141 Å². The SMILES string of the molecule is Cc1cc(NC(=O)C2CC2C(=O)Nc2ccc(Br)cc2C)no1. The van der Waals surface area contributed by atoms with Crippen LogP contribution in [0.4, 0.5) is 11.5 Å². The third-order valence-corrected chi connectivity index (χ3v) is 4.28. The average molecular weight is 378 g/mol. The van der Waals surface area contributed by atoms with Gasteiger partial charge in [-0.25, -0.2) is 0 Å². The lowest BCUT2D eigenvalue weighted by Crippen LogP contribution is -2.21. The van der Waals surface area contributed by atoms with Gasteiger partial charge in [0.2, 0.25) is 11.8 Å². The molecule has 0 saturated heterocycles.